The van der Waals surface area contributed by atoms with Gasteiger partial charge in [0.05, 0.1) is 27.5 Å². The SMILES string of the molecule is c1ccc2c(c1)Sc1cc3c(cc1C21c2ccccc2-c2ccccc21)c1ccccc1n3-c1ccc(-n2c3ccccc3c3ccccc32)cc1. The van der Waals surface area contributed by atoms with Gasteiger partial charge in [-0.1, -0.05) is 133 Å². The van der Waals surface area contributed by atoms with Gasteiger partial charge in [-0.25, -0.2) is 0 Å². The molecule has 10 aromatic rings. The fraction of sp³-hybridized carbons (Fsp3) is 0.0204. The molecule has 1 aliphatic heterocycles. The van der Waals surface area contributed by atoms with Crippen molar-refractivity contribution >= 4 is 55.4 Å². The molecule has 0 atom stereocenters. The molecule has 0 unspecified atom stereocenters. The van der Waals surface area contributed by atoms with Crippen LogP contribution in [0.15, 0.2) is 192 Å². The Bertz CT molecular complexity index is 3010. The zero-order valence-corrected chi connectivity index (χ0v) is 28.9. The van der Waals surface area contributed by atoms with Crippen molar-refractivity contribution < 1.29 is 0 Å². The number of hydrogen-bond donors (Lipinski definition) is 0. The first-order valence-corrected chi connectivity index (χ1v) is 18.8. The van der Waals surface area contributed by atoms with Gasteiger partial charge in [-0.2, -0.15) is 0 Å². The van der Waals surface area contributed by atoms with Gasteiger partial charge in [-0.15, -0.1) is 0 Å². The van der Waals surface area contributed by atoms with Gasteiger partial charge in [0.2, 0.25) is 0 Å². The summed E-state index contributed by atoms with van der Waals surface area (Å²) in [6.45, 7) is 0. The zero-order valence-electron chi connectivity index (χ0n) is 28.1. The molecule has 0 saturated heterocycles. The normalized spacial score (nSPS) is 13.8. The van der Waals surface area contributed by atoms with Gasteiger partial charge in [0.25, 0.3) is 0 Å². The fourth-order valence-electron chi connectivity index (χ4n) is 9.55. The predicted octanol–water partition coefficient (Wildman–Crippen LogP) is 12.7. The Morgan fingerprint density at radius 2 is 0.769 bits per heavy atom. The number of fused-ring (bicyclic) bond motifs is 15. The van der Waals surface area contributed by atoms with Crippen LogP contribution in [0.4, 0.5) is 0 Å². The molecule has 0 amide bonds. The molecule has 1 aliphatic carbocycles. The van der Waals surface area contributed by atoms with E-state index in [9.17, 15) is 0 Å². The minimum atomic E-state index is -0.397. The van der Waals surface area contributed by atoms with Gasteiger partial charge in [0, 0.05) is 42.7 Å². The fourth-order valence-corrected chi connectivity index (χ4v) is 10.8. The third-order valence-electron chi connectivity index (χ3n) is 11.6. The second-order valence-corrected chi connectivity index (χ2v) is 15.1. The van der Waals surface area contributed by atoms with E-state index in [0.29, 0.717) is 0 Å². The smallest absolute Gasteiger partial charge is 0.0735 e. The second-order valence-electron chi connectivity index (χ2n) is 14.0. The number of nitrogens with zero attached hydrogens (tertiary/aromatic N) is 2. The van der Waals surface area contributed by atoms with Gasteiger partial charge in [0.1, 0.15) is 0 Å². The summed E-state index contributed by atoms with van der Waals surface area (Å²) in [5.41, 5.74) is 14.9. The summed E-state index contributed by atoms with van der Waals surface area (Å²) in [5.74, 6) is 0. The molecular formula is C49H30N2S. The Hall–Kier alpha value is -6.29. The Labute approximate surface area is 305 Å². The summed E-state index contributed by atoms with van der Waals surface area (Å²) in [6.07, 6.45) is 0. The summed E-state index contributed by atoms with van der Waals surface area (Å²) in [4.78, 5) is 2.63. The number of aromatic nitrogens is 2. The van der Waals surface area contributed by atoms with Gasteiger partial charge < -0.3 is 9.13 Å². The molecule has 0 saturated carbocycles. The number of hydrogen-bond acceptors (Lipinski definition) is 1. The maximum absolute atomic E-state index is 2.53. The van der Waals surface area contributed by atoms with E-state index in [1.54, 1.807) is 0 Å². The average molecular weight is 679 g/mol. The summed E-state index contributed by atoms with van der Waals surface area (Å²) < 4.78 is 4.85. The molecule has 2 aliphatic rings. The van der Waals surface area contributed by atoms with Crippen molar-refractivity contribution in [1.29, 1.82) is 0 Å². The van der Waals surface area contributed by atoms with Crippen LogP contribution in [0.1, 0.15) is 22.3 Å². The molecule has 242 valence electrons. The van der Waals surface area contributed by atoms with Crippen LogP contribution in [0.5, 0.6) is 0 Å². The van der Waals surface area contributed by atoms with Crippen LogP contribution >= 0.6 is 11.8 Å². The molecule has 2 nitrogen and oxygen atoms in total. The van der Waals surface area contributed by atoms with Gasteiger partial charge in [-0.05, 0) is 94.0 Å². The standard InChI is InChI=1S/C49H30N2S/c1-6-18-39-33(13-1)34-14-2-7-19-40(34)49(39)41-20-8-12-24-47(41)52-48-30-46-38(29-42(48)49)37-17-5-11-23-45(37)51(46)32-27-25-31(26-28-32)50-43-21-9-3-15-35(43)36-16-4-10-22-44(36)50/h1-30H. The third-order valence-corrected chi connectivity index (χ3v) is 12.7. The van der Waals surface area contributed by atoms with Crippen molar-refractivity contribution in [3.63, 3.8) is 0 Å². The van der Waals surface area contributed by atoms with Crippen molar-refractivity contribution in [3.8, 4) is 22.5 Å². The van der Waals surface area contributed by atoms with Crippen LogP contribution in [0, 0.1) is 0 Å². The highest BCUT2D eigenvalue weighted by atomic mass is 32.2. The number of rotatable bonds is 2. The lowest BCUT2D eigenvalue weighted by Crippen LogP contribution is -2.31. The number of para-hydroxylation sites is 3. The Kier molecular flexibility index (Phi) is 5.67. The van der Waals surface area contributed by atoms with Crippen molar-refractivity contribution in [2.45, 2.75) is 15.2 Å². The van der Waals surface area contributed by atoms with Crippen LogP contribution in [0.25, 0.3) is 66.1 Å². The highest BCUT2D eigenvalue weighted by molar-refractivity contribution is 7.99. The second kappa shape index (κ2) is 10.4. The molecule has 2 aromatic heterocycles. The third kappa shape index (κ3) is 3.56. The van der Waals surface area contributed by atoms with E-state index in [-0.39, 0.29) is 0 Å². The number of benzene rings is 8. The lowest BCUT2D eigenvalue weighted by molar-refractivity contribution is 0.724. The summed E-state index contributed by atoms with van der Waals surface area (Å²) in [6, 6.07) is 67.6. The zero-order chi connectivity index (χ0) is 34.0. The summed E-state index contributed by atoms with van der Waals surface area (Å²) in [7, 11) is 0. The first-order valence-electron chi connectivity index (χ1n) is 17.9. The van der Waals surface area contributed by atoms with Crippen molar-refractivity contribution in [1.82, 2.24) is 9.13 Å². The summed E-state index contributed by atoms with van der Waals surface area (Å²) >= 11 is 1.91. The maximum Gasteiger partial charge on any atom is 0.0735 e. The van der Waals surface area contributed by atoms with Crippen molar-refractivity contribution in [2.75, 3.05) is 0 Å². The monoisotopic (exact) mass is 678 g/mol. The van der Waals surface area contributed by atoms with Crippen LogP contribution in [0.2, 0.25) is 0 Å². The Balaban J connectivity index is 1.11. The van der Waals surface area contributed by atoms with Crippen LogP contribution in [0.3, 0.4) is 0 Å². The van der Waals surface area contributed by atoms with E-state index in [1.165, 1.54) is 86.8 Å². The Morgan fingerprint density at radius 3 is 1.35 bits per heavy atom. The summed E-state index contributed by atoms with van der Waals surface area (Å²) in [5, 5.41) is 5.10. The molecule has 0 fully saturated rings. The Morgan fingerprint density at radius 1 is 0.327 bits per heavy atom. The maximum atomic E-state index is 2.53. The molecule has 52 heavy (non-hydrogen) atoms. The van der Waals surface area contributed by atoms with E-state index < -0.39 is 5.41 Å². The minimum absolute atomic E-state index is 0.397. The van der Waals surface area contributed by atoms with E-state index in [2.05, 4.69) is 191 Å². The topological polar surface area (TPSA) is 9.86 Å². The molecule has 0 N–H and O–H groups in total. The molecule has 1 spiro atoms. The van der Waals surface area contributed by atoms with E-state index in [4.69, 9.17) is 0 Å². The van der Waals surface area contributed by atoms with E-state index in [1.807, 2.05) is 11.8 Å². The molecule has 12 rings (SSSR count). The lowest BCUT2D eigenvalue weighted by atomic mass is 9.67. The minimum Gasteiger partial charge on any atom is -0.309 e. The van der Waals surface area contributed by atoms with E-state index in [0.717, 1.165) is 11.4 Å². The molecule has 0 radical (unpaired) electrons. The molecule has 8 aromatic carbocycles. The predicted molar refractivity (Wildman–Crippen MR) is 217 cm³/mol. The highest BCUT2D eigenvalue weighted by Gasteiger charge is 2.50. The van der Waals surface area contributed by atoms with Crippen LogP contribution in [-0.4, -0.2) is 9.13 Å². The lowest BCUT2D eigenvalue weighted by Gasteiger charge is -2.39. The van der Waals surface area contributed by atoms with Crippen molar-refractivity contribution in [2.24, 2.45) is 0 Å². The largest absolute Gasteiger partial charge is 0.309 e. The molecule has 3 heteroatoms. The van der Waals surface area contributed by atoms with Gasteiger partial charge in [0.15, 0.2) is 0 Å². The molecule has 3 heterocycles. The molecule has 0 bridgehead atoms. The molecular weight excluding hydrogens is 649 g/mol. The first-order chi connectivity index (χ1) is 25.8. The average Bonchev–Trinajstić information content (AvgIpc) is 3.82. The van der Waals surface area contributed by atoms with Crippen LogP contribution in [-0.2, 0) is 5.41 Å². The van der Waals surface area contributed by atoms with Gasteiger partial charge >= 0.3 is 0 Å². The van der Waals surface area contributed by atoms with Crippen LogP contribution < -0.4 is 0 Å². The first kappa shape index (κ1) is 28.4. The van der Waals surface area contributed by atoms with Crippen molar-refractivity contribution in [3.05, 3.63) is 204 Å². The quantitative estimate of drug-likeness (QED) is 0.177. The van der Waals surface area contributed by atoms with E-state index >= 15 is 0 Å². The van der Waals surface area contributed by atoms with Gasteiger partial charge in [-0.3, -0.25) is 0 Å². The highest BCUT2D eigenvalue weighted by Crippen LogP contribution is 2.62.